The predicted molar refractivity (Wildman–Crippen MR) is 86.5 cm³/mol. The van der Waals surface area contributed by atoms with Gasteiger partial charge in [0.2, 0.25) is 0 Å². The molecule has 0 aromatic heterocycles. The third kappa shape index (κ3) is 5.41. The number of nitrogens with zero attached hydrogens (tertiary/aromatic N) is 1. The van der Waals surface area contributed by atoms with Gasteiger partial charge in [-0.05, 0) is 36.5 Å². The molecule has 1 aromatic carbocycles. The average molecular weight is 297 g/mol. The van der Waals surface area contributed by atoms with Crippen LogP contribution in [0.1, 0.15) is 33.3 Å². The summed E-state index contributed by atoms with van der Waals surface area (Å²) in [4.78, 5) is 14.3. The number of hydrogen-bond acceptors (Lipinski definition) is 1. The fraction of sp³-hybridized carbons (Fsp3) is 0.562. The van der Waals surface area contributed by atoms with E-state index in [1.807, 2.05) is 24.0 Å². The van der Waals surface area contributed by atoms with Crippen molar-refractivity contribution in [2.24, 2.45) is 11.8 Å². The fourth-order valence-corrected chi connectivity index (χ4v) is 2.22. The van der Waals surface area contributed by atoms with Crippen molar-refractivity contribution in [2.75, 3.05) is 18.4 Å². The van der Waals surface area contributed by atoms with Crippen LogP contribution in [0.4, 0.5) is 10.5 Å². The van der Waals surface area contributed by atoms with E-state index in [1.54, 1.807) is 6.07 Å². The number of amides is 2. The molecule has 2 amide bonds. The second kappa shape index (κ2) is 7.53. The van der Waals surface area contributed by atoms with E-state index in [4.69, 9.17) is 11.6 Å². The minimum atomic E-state index is -0.0576. The van der Waals surface area contributed by atoms with Crippen LogP contribution >= 0.6 is 11.6 Å². The van der Waals surface area contributed by atoms with Gasteiger partial charge in [0.25, 0.3) is 0 Å². The van der Waals surface area contributed by atoms with E-state index in [0.717, 1.165) is 24.3 Å². The lowest BCUT2D eigenvalue weighted by molar-refractivity contribution is 0.196. The molecular weight excluding hydrogens is 272 g/mol. The van der Waals surface area contributed by atoms with Crippen LogP contribution in [0.2, 0.25) is 5.02 Å². The summed E-state index contributed by atoms with van der Waals surface area (Å²) in [6.07, 6.45) is 0. The Morgan fingerprint density at radius 1 is 1.20 bits per heavy atom. The van der Waals surface area contributed by atoms with Gasteiger partial charge in [0, 0.05) is 23.8 Å². The second-order valence-electron chi connectivity index (χ2n) is 6.08. The first-order chi connectivity index (χ1) is 9.29. The van der Waals surface area contributed by atoms with Crippen molar-refractivity contribution < 1.29 is 4.79 Å². The van der Waals surface area contributed by atoms with Gasteiger partial charge in [-0.15, -0.1) is 0 Å². The van der Waals surface area contributed by atoms with Crippen molar-refractivity contribution in [3.63, 3.8) is 0 Å². The molecule has 0 unspecified atom stereocenters. The Morgan fingerprint density at radius 2 is 1.75 bits per heavy atom. The largest absolute Gasteiger partial charge is 0.324 e. The van der Waals surface area contributed by atoms with Crippen LogP contribution in [0.5, 0.6) is 0 Å². The molecule has 0 heterocycles. The lowest BCUT2D eigenvalue weighted by Crippen LogP contribution is -2.40. The highest BCUT2D eigenvalue weighted by molar-refractivity contribution is 6.31. The molecule has 1 aromatic rings. The van der Waals surface area contributed by atoms with Crippen molar-refractivity contribution in [1.82, 2.24) is 4.90 Å². The maximum atomic E-state index is 12.4. The van der Waals surface area contributed by atoms with Gasteiger partial charge < -0.3 is 10.2 Å². The molecule has 1 rings (SSSR count). The van der Waals surface area contributed by atoms with E-state index in [9.17, 15) is 4.79 Å². The number of hydrogen-bond donors (Lipinski definition) is 1. The molecule has 0 atom stereocenters. The van der Waals surface area contributed by atoms with Gasteiger partial charge >= 0.3 is 6.03 Å². The van der Waals surface area contributed by atoms with Crippen molar-refractivity contribution in [2.45, 2.75) is 34.6 Å². The Labute approximate surface area is 127 Å². The molecule has 1 N–H and O–H groups in total. The van der Waals surface area contributed by atoms with Gasteiger partial charge in [-0.3, -0.25) is 0 Å². The molecule has 0 radical (unpaired) electrons. The summed E-state index contributed by atoms with van der Waals surface area (Å²) < 4.78 is 0. The van der Waals surface area contributed by atoms with E-state index < -0.39 is 0 Å². The summed E-state index contributed by atoms with van der Waals surface area (Å²) in [6, 6.07) is 5.47. The van der Waals surface area contributed by atoms with E-state index in [2.05, 4.69) is 33.0 Å². The third-order valence-corrected chi connectivity index (χ3v) is 3.13. The van der Waals surface area contributed by atoms with Crippen LogP contribution in [0, 0.1) is 18.8 Å². The summed E-state index contributed by atoms with van der Waals surface area (Å²) in [5, 5.41) is 3.59. The smallest absolute Gasteiger partial charge is 0.321 e. The lowest BCUT2D eigenvalue weighted by Gasteiger charge is -2.27. The molecule has 0 bridgehead atoms. The van der Waals surface area contributed by atoms with E-state index in [-0.39, 0.29) is 6.03 Å². The third-order valence-electron chi connectivity index (χ3n) is 2.90. The van der Waals surface area contributed by atoms with Crippen molar-refractivity contribution in [3.05, 3.63) is 28.8 Å². The summed E-state index contributed by atoms with van der Waals surface area (Å²) in [6.45, 7) is 11.9. The molecule has 0 saturated heterocycles. The Kier molecular flexibility index (Phi) is 6.34. The Hall–Kier alpha value is -1.22. The second-order valence-corrected chi connectivity index (χ2v) is 6.52. The van der Waals surface area contributed by atoms with Crippen molar-refractivity contribution >= 4 is 23.3 Å². The van der Waals surface area contributed by atoms with Crippen LogP contribution in [0.3, 0.4) is 0 Å². The maximum absolute atomic E-state index is 12.4. The molecule has 0 fully saturated rings. The molecule has 4 heteroatoms. The van der Waals surface area contributed by atoms with Crippen LogP contribution in [0.25, 0.3) is 0 Å². The van der Waals surface area contributed by atoms with Gasteiger partial charge in [-0.2, -0.15) is 0 Å². The number of carbonyl (C=O) groups excluding carboxylic acids is 1. The van der Waals surface area contributed by atoms with Crippen LogP contribution in [0.15, 0.2) is 18.2 Å². The number of carbonyl (C=O) groups is 1. The standard InChI is InChI=1S/C16H25ClN2O/c1-11(2)9-19(10-12(3)4)16(20)18-15-8-14(17)7-6-13(15)5/h6-8,11-12H,9-10H2,1-5H3,(H,18,20). The molecule has 3 nitrogen and oxygen atoms in total. The first kappa shape index (κ1) is 16.8. The van der Waals surface area contributed by atoms with Gasteiger partial charge in [-0.1, -0.05) is 45.4 Å². The number of aryl methyl sites for hydroxylation is 1. The fourth-order valence-electron chi connectivity index (χ4n) is 2.05. The minimum Gasteiger partial charge on any atom is -0.324 e. The quantitative estimate of drug-likeness (QED) is 0.832. The maximum Gasteiger partial charge on any atom is 0.321 e. The van der Waals surface area contributed by atoms with Crippen LogP contribution < -0.4 is 5.32 Å². The van der Waals surface area contributed by atoms with Gasteiger partial charge in [0.1, 0.15) is 0 Å². The van der Waals surface area contributed by atoms with Gasteiger partial charge in [0.15, 0.2) is 0 Å². The zero-order chi connectivity index (χ0) is 15.3. The first-order valence-corrected chi connectivity index (χ1v) is 7.49. The van der Waals surface area contributed by atoms with Crippen LogP contribution in [-0.4, -0.2) is 24.0 Å². The zero-order valence-electron chi connectivity index (χ0n) is 13.0. The van der Waals surface area contributed by atoms with Crippen molar-refractivity contribution in [3.8, 4) is 0 Å². The number of halogens is 1. The number of rotatable bonds is 5. The molecule has 0 aliphatic carbocycles. The highest BCUT2D eigenvalue weighted by Gasteiger charge is 2.17. The van der Waals surface area contributed by atoms with Gasteiger partial charge in [0.05, 0.1) is 0 Å². The highest BCUT2D eigenvalue weighted by Crippen LogP contribution is 2.20. The topological polar surface area (TPSA) is 32.3 Å². The Balaban J connectivity index is 2.81. The number of urea groups is 1. The number of nitrogens with one attached hydrogen (secondary N) is 1. The average Bonchev–Trinajstić information content (AvgIpc) is 2.31. The summed E-state index contributed by atoms with van der Waals surface area (Å²) in [7, 11) is 0. The van der Waals surface area contributed by atoms with E-state index >= 15 is 0 Å². The molecule has 0 aliphatic heterocycles. The molecular formula is C16H25ClN2O. The Morgan fingerprint density at radius 3 is 2.25 bits per heavy atom. The monoisotopic (exact) mass is 296 g/mol. The van der Waals surface area contributed by atoms with Crippen molar-refractivity contribution in [1.29, 1.82) is 0 Å². The highest BCUT2D eigenvalue weighted by atomic mass is 35.5. The van der Waals surface area contributed by atoms with E-state index in [0.29, 0.717) is 16.9 Å². The van der Waals surface area contributed by atoms with Gasteiger partial charge in [-0.25, -0.2) is 4.79 Å². The normalized spacial score (nSPS) is 11.0. The minimum absolute atomic E-state index is 0.0576. The molecule has 0 saturated carbocycles. The SMILES string of the molecule is Cc1ccc(Cl)cc1NC(=O)N(CC(C)C)CC(C)C. The predicted octanol–water partition coefficient (Wildman–Crippen LogP) is 4.79. The Bertz CT molecular complexity index is 448. The molecule has 0 aliphatic rings. The zero-order valence-corrected chi connectivity index (χ0v) is 13.8. The number of anilines is 1. The summed E-state index contributed by atoms with van der Waals surface area (Å²) >= 11 is 5.98. The first-order valence-electron chi connectivity index (χ1n) is 7.11. The van der Waals surface area contributed by atoms with E-state index in [1.165, 1.54) is 0 Å². The lowest BCUT2D eigenvalue weighted by atomic mass is 10.1. The molecule has 0 spiro atoms. The summed E-state index contributed by atoms with van der Waals surface area (Å²) in [5.74, 6) is 0.889. The molecule has 20 heavy (non-hydrogen) atoms. The molecule has 112 valence electrons. The number of benzene rings is 1. The summed E-state index contributed by atoms with van der Waals surface area (Å²) in [5.41, 5.74) is 1.79. The van der Waals surface area contributed by atoms with Crippen LogP contribution in [-0.2, 0) is 0 Å².